The van der Waals surface area contributed by atoms with Crippen molar-refractivity contribution in [2.45, 2.75) is 26.3 Å². The molecule has 0 bridgehead atoms. The zero-order valence-electron chi connectivity index (χ0n) is 9.40. The second kappa shape index (κ2) is 5.46. The average molecular weight is 286 g/mol. The lowest BCUT2D eigenvalue weighted by Gasteiger charge is -2.23. The van der Waals surface area contributed by atoms with E-state index in [1.807, 2.05) is 32.1 Å². The van der Waals surface area contributed by atoms with Crippen LogP contribution in [0.15, 0.2) is 33.9 Å². The molecular formula is C12H16BrNO2. The molecule has 3 N–H and O–H groups in total. The summed E-state index contributed by atoms with van der Waals surface area (Å²) in [5.74, 6) is -1.14. The minimum absolute atomic E-state index is 0.253. The van der Waals surface area contributed by atoms with Gasteiger partial charge in [0.1, 0.15) is 0 Å². The van der Waals surface area contributed by atoms with Crippen molar-refractivity contribution >= 4 is 21.9 Å². The standard InChI is InChI=1S/C12H16BrNO2/c1-3-7(2)11(12(15)16)9-6-8(13)4-5-10(9)14/h4-6,9-10H,3,14H2,1-2H3,(H,15,16). The lowest BCUT2D eigenvalue weighted by Crippen LogP contribution is -2.32. The molecule has 0 aromatic heterocycles. The monoisotopic (exact) mass is 285 g/mol. The Hall–Kier alpha value is -0.870. The van der Waals surface area contributed by atoms with Gasteiger partial charge < -0.3 is 10.8 Å². The third-order valence-electron chi connectivity index (χ3n) is 2.78. The molecule has 0 radical (unpaired) electrons. The lowest BCUT2D eigenvalue weighted by atomic mass is 9.85. The zero-order chi connectivity index (χ0) is 12.3. The van der Waals surface area contributed by atoms with Gasteiger partial charge in [0, 0.05) is 22.0 Å². The Bertz CT molecular complexity index is 382. The Kier molecular flexibility index (Phi) is 4.50. The van der Waals surface area contributed by atoms with Crippen molar-refractivity contribution in [1.29, 1.82) is 0 Å². The molecular weight excluding hydrogens is 270 g/mol. The highest BCUT2D eigenvalue weighted by Gasteiger charge is 2.26. The predicted molar refractivity (Wildman–Crippen MR) is 68.2 cm³/mol. The Labute approximate surface area is 104 Å². The third kappa shape index (κ3) is 2.83. The number of carboxylic acid groups (broad SMARTS) is 1. The van der Waals surface area contributed by atoms with E-state index in [1.165, 1.54) is 0 Å². The molecule has 0 aromatic carbocycles. The zero-order valence-corrected chi connectivity index (χ0v) is 11.0. The SMILES string of the molecule is CCC(C)=C(C(=O)O)C1C=C(Br)C=CC1N. The highest BCUT2D eigenvalue weighted by Crippen LogP contribution is 2.28. The molecule has 0 heterocycles. The number of hydrogen-bond acceptors (Lipinski definition) is 2. The van der Waals surface area contributed by atoms with Crippen molar-refractivity contribution in [3.8, 4) is 0 Å². The van der Waals surface area contributed by atoms with Gasteiger partial charge in [-0.3, -0.25) is 0 Å². The number of halogens is 1. The van der Waals surface area contributed by atoms with Gasteiger partial charge in [0.25, 0.3) is 0 Å². The minimum Gasteiger partial charge on any atom is -0.478 e. The van der Waals surface area contributed by atoms with Crippen molar-refractivity contribution in [2.75, 3.05) is 0 Å². The fourth-order valence-corrected chi connectivity index (χ4v) is 2.17. The largest absolute Gasteiger partial charge is 0.478 e. The van der Waals surface area contributed by atoms with Crippen LogP contribution in [0.4, 0.5) is 0 Å². The Morgan fingerprint density at radius 1 is 1.62 bits per heavy atom. The molecule has 0 saturated heterocycles. The van der Waals surface area contributed by atoms with Gasteiger partial charge in [-0.1, -0.05) is 46.7 Å². The first-order valence-corrected chi connectivity index (χ1v) is 6.00. The summed E-state index contributed by atoms with van der Waals surface area (Å²) in [6.45, 7) is 3.79. The second-order valence-electron chi connectivity index (χ2n) is 3.87. The van der Waals surface area contributed by atoms with Gasteiger partial charge in [-0.05, 0) is 13.3 Å². The van der Waals surface area contributed by atoms with Gasteiger partial charge >= 0.3 is 5.97 Å². The molecule has 1 aliphatic carbocycles. The van der Waals surface area contributed by atoms with Crippen molar-refractivity contribution < 1.29 is 9.90 Å². The number of hydrogen-bond donors (Lipinski definition) is 2. The van der Waals surface area contributed by atoms with Crippen LogP contribution in [0.5, 0.6) is 0 Å². The van der Waals surface area contributed by atoms with Crippen molar-refractivity contribution in [3.63, 3.8) is 0 Å². The first-order valence-electron chi connectivity index (χ1n) is 5.21. The number of carbonyl (C=O) groups is 1. The number of allylic oxidation sites excluding steroid dienone is 3. The van der Waals surface area contributed by atoms with E-state index in [9.17, 15) is 9.90 Å². The normalized spacial score (nSPS) is 26.1. The van der Waals surface area contributed by atoms with Crippen LogP contribution in [-0.2, 0) is 4.79 Å². The van der Waals surface area contributed by atoms with Gasteiger partial charge in [-0.25, -0.2) is 4.79 Å². The van der Waals surface area contributed by atoms with Crippen LogP contribution in [0.3, 0.4) is 0 Å². The molecule has 2 atom stereocenters. The first-order chi connectivity index (χ1) is 7.47. The summed E-state index contributed by atoms with van der Waals surface area (Å²) in [6, 6.07) is -0.270. The maximum atomic E-state index is 11.3. The second-order valence-corrected chi connectivity index (χ2v) is 4.78. The van der Waals surface area contributed by atoms with E-state index >= 15 is 0 Å². The summed E-state index contributed by atoms with van der Waals surface area (Å²) < 4.78 is 0.877. The molecule has 0 amide bonds. The average Bonchev–Trinajstić information content (AvgIpc) is 2.22. The summed E-state index contributed by atoms with van der Waals surface area (Å²) in [7, 11) is 0. The molecule has 1 aliphatic rings. The summed E-state index contributed by atoms with van der Waals surface area (Å²) in [5, 5.41) is 9.25. The van der Waals surface area contributed by atoms with Crippen LogP contribution in [0.1, 0.15) is 20.3 Å². The van der Waals surface area contributed by atoms with E-state index in [-0.39, 0.29) is 12.0 Å². The predicted octanol–water partition coefficient (Wildman–Crippen LogP) is 2.59. The Balaban J connectivity index is 3.15. The van der Waals surface area contributed by atoms with E-state index in [4.69, 9.17) is 5.73 Å². The third-order valence-corrected chi connectivity index (χ3v) is 3.31. The van der Waals surface area contributed by atoms with Gasteiger partial charge in [0.15, 0.2) is 0 Å². The van der Waals surface area contributed by atoms with E-state index in [0.29, 0.717) is 5.57 Å². The lowest BCUT2D eigenvalue weighted by molar-refractivity contribution is -0.133. The summed E-state index contributed by atoms with van der Waals surface area (Å²) in [5.41, 5.74) is 7.21. The van der Waals surface area contributed by atoms with Crippen LogP contribution < -0.4 is 5.73 Å². The van der Waals surface area contributed by atoms with Crippen LogP contribution in [0.25, 0.3) is 0 Å². The highest BCUT2D eigenvalue weighted by molar-refractivity contribution is 9.11. The molecule has 0 spiro atoms. The minimum atomic E-state index is -0.883. The molecule has 0 aliphatic heterocycles. The summed E-state index contributed by atoms with van der Waals surface area (Å²) in [4.78, 5) is 11.3. The molecule has 3 nitrogen and oxygen atoms in total. The molecule has 88 valence electrons. The van der Waals surface area contributed by atoms with E-state index < -0.39 is 5.97 Å². The van der Waals surface area contributed by atoms with Crippen molar-refractivity contribution in [1.82, 2.24) is 0 Å². The Morgan fingerprint density at radius 3 is 2.75 bits per heavy atom. The van der Waals surface area contributed by atoms with E-state index in [2.05, 4.69) is 15.9 Å². The van der Waals surface area contributed by atoms with Crippen LogP contribution in [0, 0.1) is 5.92 Å². The van der Waals surface area contributed by atoms with Crippen LogP contribution >= 0.6 is 15.9 Å². The number of carboxylic acids is 1. The van der Waals surface area contributed by atoms with Gasteiger partial charge in [-0.15, -0.1) is 0 Å². The van der Waals surface area contributed by atoms with Crippen molar-refractivity contribution in [3.05, 3.63) is 33.9 Å². The van der Waals surface area contributed by atoms with Crippen LogP contribution in [0.2, 0.25) is 0 Å². The summed E-state index contributed by atoms with van der Waals surface area (Å²) in [6.07, 6.45) is 6.25. The maximum absolute atomic E-state index is 11.3. The summed E-state index contributed by atoms with van der Waals surface area (Å²) >= 11 is 3.35. The maximum Gasteiger partial charge on any atom is 0.332 e. The fourth-order valence-electron chi connectivity index (χ4n) is 1.74. The van der Waals surface area contributed by atoms with E-state index in [0.717, 1.165) is 16.5 Å². The molecule has 16 heavy (non-hydrogen) atoms. The molecule has 2 unspecified atom stereocenters. The van der Waals surface area contributed by atoms with Crippen LogP contribution in [-0.4, -0.2) is 17.1 Å². The number of rotatable bonds is 3. The topological polar surface area (TPSA) is 63.3 Å². The van der Waals surface area contributed by atoms with Crippen molar-refractivity contribution in [2.24, 2.45) is 11.7 Å². The Morgan fingerprint density at radius 2 is 2.25 bits per heavy atom. The molecule has 0 fully saturated rings. The quantitative estimate of drug-likeness (QED) is 0.784. The fraction of sp³-hybridized carbons (Fsp3) is 0.417. The first kappa shape index (κ1) is 13.2. The number of nitrogens with two attached hydrogens (primary N) is 1. The molecule has 0 saturated carbocycles. The number of aliphatic carboxylic acids is 1. The smallest absolute Gasteiger partial charge is 0.332 e. The molecule has 1 rings (SSSR count). The van der Waals surface area contributed by atoms with Gasteiger partial charge in [0.2, 0.25) is 0 Å². The highest BCUT2D eigenvalue weighted by atomic mass is 79.9. The van der Waals surface area contributed by atoms with Gasteiger partial charge in [-0.2, -0.15) is 0 Å². The molecule has 0 aromatic rings. The van der Waals surface area contributed by atoms with E-state index in [1.54, 1.807) is 0 Å². The molecule has 4 heteroatoms. The van der Waals surface area contributed by atoms with Gasteiger partial charge in [0.05, 0.1) is 0 Å².